The molecule has 0 unspecified atom stereocenters. The zero-order chi connectivity index (χ0) is 9.26. The van der Waals surface area contributed by atoms with Crippen LogP contribution in [0, 0.1) is 0 Å². The maximum absolute atomic E-state index is 5.59. The zero-order valence-electron chi connectivity index (χ0n) is 7.67. The van der Waals surface area contributed by atoms with E-state index >= 15 is 0 Å². The van der Waals surface area contributed by atoms with E-state index in [4.69, 9.17) is 5.73 Å². The van der Waals surface area contributed by atoms with Crippen LogP contribution in [0.4, 0.5) is 5.95 Å². The Morgan fingerprint density at radius 1 is 1.46 bits per heavy atom. The van der Waals surface area contributed by atoms with Gasteiger partial charge < -0.3 is 10.7 Å². The number of aryl methyl sites for hydroxylation is 1. The van der Waals surface area contributed by atoms with Gasteiger partial charge in [-0.25, -0.2) is 4.98 Å². The first-order valence-corrected chi connectivity index (χ1v) is 4.54. The van der Waals surface area contributed by atoms with Crippen LogP contribution < -0.4 is 5.73 Å². The highest BCUT2D eigenvalue weighted by Crippen LogP contribution is 2.18. The minimum Gasteiger partial charge on any atom is -0.369 e. The number of imidazole rings is 1. The number of nitrogens with one attached hydrogen (secondary N) is 1. The number of hydrogen-bond donors (Lipinski definition) is 2. The molecule has 3 N–H and O–H groups in total. The van der Waals surface area contributed by atoms with Crippen molar-refractivity contribution in [3.63, 3.8) is 0 Å². The molecule has 0 atom stereocenters. The lowest BCUT2D eigenvalue weighted by Gasteiger charge is -1.97. The van der Waals surface area contributed by atoms with Gasteiger partial charge >= 0.3 is 0 Å². The van der Waals surface area contributed by atoms with Crippen molar-refractivity contribution in [1.29, 1.82) is 0 Å². The van der Waals surface area contributed by atoms with E-state index in [1.54, 1.807) is 0 Å². The highest BCUT2D eigenvalue weighted by Gasteiger charge is 2.03. The normalized spacial score (nSPS) is 10.8. The quantitative estimate of drug-likeness (QED) is 0.734. The summed E-state index contributed by atoms with van der Waals surface area (Å²) in [6.07, 6.45) is 2.19. The molecule has 1 aromatic carbocycles. The first-order chi connectivity index (χ1) is 6.31. The molecule has 0 aliphatic carbocycles. The molecule has 3 heteroatoms. The van der Waals surface area contributed by atoms with Gasteiger partial charge in [-0.15, -0.1) is 0 Å². The third kappa shape index (κ3) is 1.37. The predicted molar refractivity (Wildman–Crippen MR) is 54.5 cm³/mol. The molecule has 0 saturated heterocycles. The van der Waals surface area contributed by atoms with Gasteiger partial charge in [0.25, 0.3) is 0 Å². The number of anilines is 1. The van der Waals surface area contributed by atoms with Gasteiger partial charge in [0.15, 0.2) is 5.95 Å². The van der Waals surface area contributed by atoms with Gasteiger partial charge in [-0.05, 0) is 18.1 Å². The smallest absolute Gasteiger partial charge is 0.198 e. The summed E-state index contributed by atoms with van der Waals surface area (Å²) in [5.41, 5.74) is 8.91. The molecule has 13 heavy (non-hydrogen) atoms. The largest absolute Gasteiger partial charge is 0.369 e. The van der Waals surface area contributed by atoms with Crippen LogP contribution in [0.25, 0.3) is 11.0 Å². The third-order valence-electron chi connectivity index (χ3n) is 2.13. The molecule has 1 heterocycles. The van der Waals surface area contributed by atoms with Gasteiger partial charge in [0, 0.05) is 0 Å². The molecule has 68 valence electrons. The second kappa shape index (κ2) is 3.09. The highest BCUT2D eigenvalue weighted by molar-refractivity contribution is 5.80. The Bertz CT molecular complexity index is 417. The van der Waals surface area contributed by atoms with Crippen molar-refractivity contribution < 1.29 is 0 Å². The monoisotopic (exact) mass is 175 g/mol. The second-order valence-corrected chi connectivity index (χ2v) is 3.19. The average Bonchev–Trinajstić information content (AvgIpc) is 2.47. The maximum atomic E-state index is 5.59. The van der Waals surface area contributed by atoms with Crippen LogP contribution in [0.5, 0.6) is 0 Å². The molecule has 0 aliphatic heterocycles. The fourth-order valence-electron chi connectivity index (χ4n) is 1.58. The van der Waals surface area contributed by atoms with Gasteiger partial charge in [0.05, 0.1) is 11.0 Å². The number of nitrogen functional groups attached to an aromatic ring is 1. The van der Waals surface area contributed by atoms with Crippen molar-refractivity contribution in [3.8, 4) is 0 Å². The summed E-state index contributed by atoms with van der Waals surface area (Å²) in [5.74, 6) is 0.499. The lowest BCUT2D eigenvalue weighted by molar-refractivity contribution is 0.927. The first-order valence-electron chi connectivity index (χ1n) is 4.54. The molecule has 0 saturated carbocycles. The lowest BCUT2D eigenvalue weighted by Crippen LogP contribution is -1.86. The first kappa shape index (κ1) is 8.10. The third-order valence-corrected chi connectivity index (χ3v) is 2.13. The Labute approximate surface area is 77.0 Å². The summed E-state index contributed by atoms with van der Waals surface area (Å²) >= 11 is 0. The molecule has 0 fully saturated rings. The predicted octanol–water partition coefficient (Wildman–Crippen LogP) is 2.10. The van der Waals surface area contributed by atoms with Crippen LogP contribution in [0.2, 0.25) is 0 Å². The summed E-state index contributed by atoms with van der Waals surface area (Å²) in [6.45, 7) is 2.16. The van der Waals surface area contributed by atoms with Crippen molar-refractivity contribution in [2.45, 2.75) is 19.8 Å². The minimum atomic E-state index is 0.499. The van der Waals surface area contributed by atoms with Crippen molar-refractivity contribution in [2.75, 3.05) is 5.73 Å². The molecule has 0 amide bonds. The molecule has 0 spiro atoms. The number of H-pyrrole nitrogens is 1. The van der Waals surface area contributed by atoms with E-state index in [-0.39, 0.29) is 0 Å². The summed E-state index contributed by atoms with van der Waals surface area (Å²) in [4.78, 5) is 7.28. The zero-order valence-corrected chi connectivity index (χ0v) is 7.67. The standard InChI is InChI=1S/C10H13N3/c1-2-4-7-5-3-6-8-9(7)13-10(11)12-8/h3,5-6H,2,4H2,1H3,(H3,11,12,13). The number of rotatable bonds is 2. The molecule has 1 aromatic heterocycles. The van der Waals surface area contributed by atoms with Crippen LogP contribution in [0.3, 0.4) is 0 Å². The molecule has 0 aliphatic rings. The van der Waals surface area contributed by atoms with Gasteiger partial charge in [-0.3, -0.25) is 0 Å². The van der Waals surface area contributed by atoms with Crippen molar-refractivity contribution in [2.24, 2.45) is 0 Å². The van der Waals surface area contributed by atoms with E-state index < -0.39 is 0 Å². The van der Waals surface area contributed by atoms with E-state index in [0.717, 1.165) is 23.9 Å². The number of fused-ring (bicyclic) bond motifs is 1. The van der Waals surface area contributed by atoms with Crippen molar-refractivity contribution in [1.82, 2.24) is 9.97 Å². The Balaban J connectivity index is 2.60. The number of nitrogens with zero attached hydrogens (tertiary/aromatic N) is 1. The lowest BCUT2D eigenvalue weighted by atomic mass is 10.1. The maximum Gasteiger partial charge on any atom is 0.198 e. The van der Waals surface area contributed by atoms with Crippen LogP contribution >= 0.6 is 0 Å². The van der Waals surface area contributed by atoms with Gasteiger partial charge in [-0.2, -0.15) is 0 Å². The van der Waals surface area contributed by atoms with Gasteiger partial charge in [0.2, 0.25) is 0 Å². The van der Waals surface area contributed by atoms with Crippen LogP contribution in [0.15, 0.2) is 18.2 Å². The fraction of sp³-hybridized carbons (Fsp3) is 0.300. The number of para-hydroxylation sites is 1. The summed E-state index contributed by atoms with van der Waals surface area (Å²) in [6, 6.07) is 6.13. The summed E-state index contributed by atoms with van der Waals surface area (Å²) < 4.78 is 0. The molecule has 2 rings (SSSR count). The van der Waals surface area contributed by atoms with Gasteiger partial charge in [-0.1, -0.05) is 25.5 Å². The molecule has 2 aromatic rings. The number of aromatic amines is 1. The van der Waals surface area contributed by atoms with E-state index in [0.29, 0.717) is 5.95 Å². The van der Waals surface area contributed by atoms with Crippen LogP contribution in [0.1, 0.15) is 18.9 Å². The van der Waals surface area contributed by atoms with E-state index in [2.05, 4.69) is 23.0 Å². The summed E-state index contributed by atoms with van der Waals surface area (Å²) in [5, 5.41) is 0. The number of benzene rings is 1. The number of nitrogens with two attached hydrogens (primary N) is 1. The molecular weight excluding hydrogens is 162 g/mol. The van der Waals surface area contributed by atoms with E-state index in [1.165, 1.54) is 5.56 Å². The van der Waals surface area contributed by atoms with Crippen LogP contribution in [-0.4, -0.2) is 9.97 Å². The Kier molecular flexibility index (Phi) is 1.93. The molecule has 0 radical (unpaired) electrons. The topological polar surface area (TPSA) is 54.7 Å². The van der Waals surface area contributed by atoms with Crippen LogP contribution in [-0.2, 0) is 6.42 Å². The van der Waals surface area contributed by atoms with Gasteiger partial charge in [0.1, 0.15) is 0 Å². The van der Waals surface area contributed by atoms with Crippen molar-refractivity contribution >= 4 is 17.0 Å². The highest BCUT2D eigenvalue weighted by atomic mass is 15.0. The van der Waals surface area contributed by atoms with E-state index in [9.17, 15) is 0 Å². The molecule has 0 bridgehead atoms. The molecule has 3 nitrogen and oxygen atoms in total. The Morgan fingerprint density at radius 3 is 3.08 bits per heavy atom. The fourth-order valence-corrected chi connectivity index (χ4v) is 1.58. The Morgan fingerprint density at radius 2 is 2.31 bits per heavy atom. The SMILES string of the molecule is CCCc1cccc2[nH]c(N)nc12. The second-order valence-electron chi connectivity index (χ2n) is 3.19. The average molecular weight is 175 g/mol. The van der Waals surface area contributed by atoms with E-state index in [1.807, 2.05) is 12.1 Å². The minimum absolute atomic E-state index is 0.499. The number of hydrogen-bond acceptors (Lipinski definition) is 2. The Hall–Kier alpha value is -1.51. The molecular formula is C10H13N3. The summed E-state index contributed by atoms with van der Waals surface area (Å²) in [7, 11) is 0. The number of aromatic nitrogens is 2. The van der Waals surface area contributed by atoms with Crippen molar-refractivity contribution in [3.05, 3.63) is 23.8 Å².